The number of hydrogen-bond donors (Lipinski definition) is 0. The Morgan fingerprint density at radius 1 is 1.25 bits per heavy atom. The van der Waals surface area contributed by atoms with Gasteiger partial charge in [-0.15, -0.1) is 0 Å². The molecule has 0 saturated heterocycles. The van der Waals surface area contributed by atoms with Gasteiger partial charge in [0.25, 0.3) is 0 Å². The van der Waals surface area contributed by atoms with Gasteiger partial charge in [0.2, 0.25) is 6.79 Å². The summed E-state index contributed by atoms with van der Waals surface area (Å²) < 4.78 is 17.0. The van der Waals surface area contributed by atoms with Crippen molar-refractivity contribution in [3.8, 4) is 17.2 Å². The summed E-state index contributed by atoms with van der Waals surface area (Å²) in [4.78, 5) is 11.2. The van der Waals surface area contributed by atoms with Gasteiger partial charge >= 0.3 is 0 Å². The minimum absolute atomic E-state index is 0.147. The summed E-state index contributed by atoms with van der Waals surface area (Å²) in [6.07, 6.45) is 0.743. The Balaban J connectivity index is 1.91. The average Bonchev–Trinajstić information content (AvgIpc) is 2.95. The van der Waals surface area contributed by atoms with E-state index < -0.39 is 0 Å². The van der Waals surface area contributed by atoms with E-state index in [1.54, 1.807) is 6.07 Å². The molecule has 1 heterocycles. The minimum Gasteiger partial charge on any atom is -0.487 e. The molecule has 2 aromatic rings. The Labute approximate surface area is 124 Å². The maximum absolute atomic E-state index is 11.2. The second-order valence-electron chi connectivity index (χ2n) is 4.23. The smallest absolute Gasteiger partial charge is 0.231 e. The van der Waals surface area contributed by atoms with Crippen molar-refractivity contribution < 1.29 is 19.0 Å². The van der Waals surface area contributed by atoms with Gasteiger partial charge in [-0.05, 0) is 27.6 Å². The molecule has 0 aromatic heterocycles. The Morgan fingerprint density at radius 3 is 2.80 bits per heavy atom. The van der Waals surface area contributed by atoms with Crippen LogP contribution in [0.4, 0.5) is 0 Å². The van der Waals surface area contributed by atoms with Crippen LogP contribution in [0.15, 0.2) is 40.9 Å². The highest BCUT2D eigenvalue weighted by Crippen LogP contribution is 2.46. The van der Waals surface area contributed by atoms with Gasteiger partial charge in [0, 0.05) is 0 Å². The Morgan fingerprint density at radius 2 is 2.05 bits per heavy atom. The van der Waals surface area contributed by atoms with Crippen molar-refractivity contribution in [1.29, 1.82) is 0 Å². The number of carbonyl (C=O) groups excluding carboxylic acids is 1. The molecule has 3 rings (SSSR count). The number of fused-ring (bicyclic) bond motifs is 1. The van der Waals surface area contributed by atoms with Gasteiger partial charge in [-0.25, -0.2) is 0 Å². The van der Waals surface area contributed by atoms with E-state index in [0.717, 1.165) is 11.8 Å². The predicted octanol–water partition coefficient (Wildman–Crippen LogP) is 3.57. The third kappa shape index (κ3) is 2.36. The Kier molecular flexibility index (Phi) is 3.60. The average molecular weight is 335 g/mol. The number of rotatable bonds is 4. The summed E-state index contributed by atoms with van der Waals surface area (Å²) in [5, 5.41) is 0. The summed E-state index contributed by atoms with van der Waals surface area (Å²) in [6.45, 7) is 0.522. The molecule has 0 atom stereocenters. The van der Waals surface area contributed by atoms with Crippen LogP contribution in [-0.4, -0.2) is 13.1 Å². The molecule has 102 valence electrons. The SMILES string of the molecule is O=Cc1cc2c(c(Br)c1OCc1ccccc1)OCO2. The molecule has 4 nitrogen and oxygen atoms in total. The lowest BCUT2D eigenvalue weighted by molar-refractivity contribution is 0.111. The molecule has 0 unspecified atom stereocenters. The molecule has 0 radical (unpaired) electrons. The lowest BCUT2D eigenvalue weighted by Crippen LogP contribution is -1.99. The van der Waals surface area contributed by atoms with Crippen molar-refractivity contribution in [3.63, 3.8) is 0 Å². The molecule has 1 aliphatic rings. The Hall–Kier alpha value is -2.01. The maximum Gasteiger partial charge on any atom is 0.231 e. The van der Waals surface area contributed by atoms with Crippen LogP contribution in [0.5, 0.6) is 17.2 Å². The first-order valence-corrected chi connectivity index (χ1v) is 6.83. The van der Waals surface area contributed by atoms with Gasteiger partial charge in [-0.2, -0.15) is 0 Å². The highest BCUT2D eigenvalue weighted by Gasteiger charge is 2.23. The van der Waals surface area contributed by atoms with Crippen LogP contribution in [0.2, 0.25) is 0 Å². The van der Waals surface area contributed by atoms with Gasteiger partial charge in [0.15, 0.2) is 17.8 Å². The zero-order valence-corrected chi connectivity index (χ0v) is 12.1. The molecule has 0 saturated carbocycles. The normalized spacial score (nSPS) is 12.2. The van der Waals surface area contributed by atoms with Gasteiger partial charge in [0.1, 0.15) is 16.8 Å². The quantitative estimate of drug-likeness (QED) is 0.802. The van der Waals surface area contributed by atoms with E-state index in [1.165, 1.54) is 0 Å². The lowest BCUT2D eigenvalue weighted by atomic mass is 10.2. The summed E-state index contributed by atoms with van der Waals surface area (Å²) in [5.41, 5.74) is 1.45. The third-order valence-corrected chi connectivity index (χ3v) is 3.66. The standard InChI is InChI=1S/C15H11BrO4/c16-13-14(18-8-10-4-2-1-3-5-10)11(7-17)6-12-15(13)20-9-19-12/h1-7H,8-9H2. The van der Waals surface area contributed by atoms with Gasteiger partial charge in [-0.3, -0.25) is 4.79 Å². The molecular weight excluding hydrogens is 324 g/mol. The maximum atomic E-state index is 11.2. The minimum atomic E-state index is 0.147. The van der Waals surface area contributed by atoms with E-state index in [2.05, 4.69) is 15.9 Å². The molecule has 20 heavy (non-hydrogen) atoms. The number of halogens is 1. The second-order valence-corrected chi connectivity index (χ2v) is 5.03. The zero-order valence-electron chi connectivity index (χ0n) is 10.5. The van der Waals surface area contributed by atoms with Gasteiger partial charge in [-0.1, -0.05) is 30.3 Å². The Bertz CT molecular complexity index is 640. The van der Waals surface area contributed by atoms with Crippen LogP contribution in [0.3, 0.4) is 0 Å². The molecule has 0 N–H and O–H groups in total. The molecule has 0 bridgehead atoms. The largest absolute Gasteiger partial charge is 0.487 e. The van der Waals surface area contributed by atoms with Gasteiger partial charge in [0.05, 0.1) is 5.56 Å². The van der Waals surface area contributed by atoms with E-state index >= 15 is 0 Å². The van der Waals surface area contributed by atoms with Crippen molar-refractivity contribution >= 4 is 22.2 Å². The third-order valence-electron chi connectivity index (χ3n) is 2.94. The molecule has 0 spiro atoms. The van der Waals surface area contributed by atoms with Crippen LogP contribution in [0.1, 0.15) is 15.9 Å². The van der Waals surface area contributed by atoms with Crippen LogP contribution in [0.25, 0.3) is 0 Å². The van der Waals surface area contributed by atoms with E-state index in [1.807, 2.05) is 30.3 Å². The monoisotopic (exact) mass is 334 g/mol. The van der Waals surface area contributed by atoms with E-state index in [9.17, 15) is 4.79 Å². The van der Waals surface area contributed by atoms with E-state index in [-0.39, 0.29) is 6.79 Å². The van der Waals surface area contributed by atoms with E-state index in [4.69, 9.17) is 14.2 Å². The fourth-order valence-electron chi connectivity index (χ4n) is 1.97. The second kappa shape index (κ2) is 5.54. The van der Waals surface area contributed by atoms with Gasteiger partial charge < -0.3 is 14.2 Å². The number of aldehydes is 1. The number of benzene rings is 2. The van der Waals surface area contributed by atoms with Crippen molar-refractivity contribution in [2.24, 2.45) is 0 Å². The molecule has 1 aliphatic heterocycles. The lowest BCUT2D eigenvalue weighted by Gasteiger charge is -2.12. The van der Waals surface area contributed by atoms with Crippen LogP contribution in [-0.2, 0) is 6.61 Å². The number of hydrogen-bond acceptors (Lipinski definition) is 4. The first-order chi connectivity index (χ1) is 9.79. The molecule has 2 aromatic carbocycles. The topological polar surface area (TPSA) is 44.8 Å². The molecule has 5 heteroatoms. The van der Waals surface area contributed by atoms with E-state index in [0.29, 0.717) is 33.9 Å². The van der Waals surface area contributed by atoms with Crippen LogP contribution < -0.4 is 14.2 Å². The van der Waals surface area contributed by atoms with Crippen molar-refractivity contribution in [2.45, 2.75) is 6.61 Å². The van der Waals surface area contributed by atoms with Crippen LogP contribution in [0, 0.1) is 0 Å². The van der Waals surface area contributed by atoms with Crippen molar-refractivity contribution in [1.82, 2.24) is 0 Å². The highest BCUT2D eigenvalue weighted by molar-refractivity contribution is 9.10. The van der Waals surface area contributed by atoms with Crippen molar-refractivity contribution in [3.05, 3.63) is 52.0 Å². The predicted molar refractivity (Wildman–Crippen MR) is 76.4 cm³/mol. The summed E-state index contributed by atoms with van der Waals surface area (Å²) in [7, 11) is 0. The molecule has 0 aliphatic carbocycles. The van der Waals surface area contributed by atoms with Crippen LogP contribution >= 0.6 is 15.9 Å². The number of carbonyl (C=O) groups is 1. The summed E-state index contributed by atoms with van der Waals surface area (Å²) in [6, 6.07) is 11.4. The molecule has 0 amide bonds. The number of ether oxygens (including phenoxy) is 3. The molecular formula is C15H11BrO4. The first-order valence-electron chi connectivity index (χ1n) is 6.03. The summed E-state index contributed by atoms with van der Waals surface area (Å²) >= 11 is 3.41. The fourth-order valence-corrected chi connectivity index (χ4v) is 2.62. The highest BCUT2D eigenvalue weighted by atomic mass is 79.9. The molecule has 0 fully saturated rings. The zero-order chi connectivity index (χ0) is 13.9. The van der Waals surface area contributed by atoms with Crippen molar-refractivity contribution in [2.75, 3.05) is 6.79 Å². The fraction of sp³-hybridized carbons (Fsp3) is 0.133. The summed E-state index contributed by atoms with van der Waals surface area (Å²) in [5.74, 6) is 1.58. The first kappa shape index (κ1) is 13.0.